The molecule has 8 nitrogen and oxygen atoms in total. The van der Waals surface area contributed by atoms with Crippen LogP contribution >= 0.6 is 0 Å². The third kappa shape index (κ3) is 13.6. The smallest absolute Gasteiger partial charge is 0.305 e. The molecule has 1 aliphatic rings. The van der Waals surface area contributed by atoms with Crippen LogP contribution in [-0.4, -0.2) is 57.0 Å². The van der Waals surface area contributed by atoms with Gasteiger partial charge in [0, 0.05) is 13.0 Å². The van der Waals surface area contributed by atoms with Crippen LogP contribution in [0, 0.1) is 0 Å². The molecule has 4 aromatic rings. The first-order chi connectivity index (χ1) is 25.7. The molecule has 5 atom stereocenters. The number of rotatable bonds is 23. The molecule has 8 heteroatoms. The fourth-order valence-corrected chi connectivity index (χ4v) is 6.26. The zero-order chi connectivity index (χ0) is 36.1. The molecule has 4 aromatic carbocycles. The van der Waals surface area contributed by atoms with Gasteiger partial charge in [-0.05, 0) is 35.1 Å². The Kier molecular flexibility index (Phi) is 17.3. The van der Waals surface area contributed by atoms with Crippen LogP contribution < -0.4 is 0 Å². The van der Waals surface area contributed by atoms with Crippen LogP contribution in [0.25, 0.3) is 0 Å². The van der Waals surface area contributed by atoms with Crippen molar-refractivity contribution in [2.75, 3.05) is 20.3 Å². The van der Waals surface area contributed by atoms with Crippen molar-refractivity contribution in [3.05, 3.63) is 144 Å². The molecule has 0 aromatic heterocycles. The predicted molar refractivity (Wildman–Crippen MR) is 200 cm³/mol. The highest BCUT2D eigenvalue weighted by molar-refractivity contribution is 5.68. The van der Waals surface area contributed by atoms with Gasteiger partial charge in [0.25, 0.3) is 0 Å². The van der Waals surface area contributed by atoms with Gasteiger partial charge in [-0.25, -0.2) is 0 Å². The molecule has 0 aliphatic carbocycles. The lowest BCUT2D eigenvalue weighted by molar-refractivity contribution is -0.328. The van der Waals surface area contributed by atoms with E-state index >= 15 is 0 Å². The Morgan fingerprint density at radius 2 is 0.962 bits per heavy atom. The minimum absolute atomic E-state index is 0.146. The summed E-state index contributed by atoms with van der Waals surface area (Å²) in [7, 11) is 1.44. The van der Waals surface area contributed by atoms with Crippen LogP contribution in [0.3, 0.4) is 0 Å². The second-order valence-electron chi connectivity index (χ2n) is 13.1. The Hall–Kier alpha value is -3.89. The van der Waals surface area contributed by atoms with Gasteiger partial charge in [0.2, 0.25) is 0 Å². The quantitative estimate of drug-likeness (QED) is 0.0560. The summed E-state index contributed by atoms with van der Waals surface area (Å²) in [5.74, 6) is -0.146. The van der Waals surface area contributed by atoms with E-state index in [4.69, 9.17) is 33.2 Å². The molecule has 0 amide bonds. The molecule has 0 saturated carbocycles. The van der Waals surface area contributed by atoms with Crippen molar-refractivity contribution in [1.82, 2.24) is 0 Å². The number of carbonyl (C=O) groups is 1. The standard InChI is InChI=1S/C44H54O8/c1-46-40(45)28-18-4-2-3-5-19-29-48-44-43(51-33-38-26-16-9-17-27-38)42(50-32-37-24-14-8-15-25-37)41(49-31-36-22-12-7-13-23-36)39(52-44)34-47-30-35-20-10-6-11-21-35/h6-17,20-27,39,41-44H,2-5,18-19,28-34H2,1H3/t39-,41-,42+,43-,44-/m1/s1. The molecule has 52 heavy (non-hydrogen) atoms. The van der Waals surface area contributed by atoms with E-state index < -0.39 is 30.7 Å². The first-order valence-corrected chi connectivity index (χ1v) is 18.6. The lowest BCUT2D eigenvalue weighted by atomic mass is 9.97. The molecule has 0 unspecified atom stereocenters. The number of esters is 1. The SMILES string of the molecule is COC(=O)CCCCCCCCO[C@@H]1O[C@H](COCc2ccccc2)[C@@H](OCc2ccccc2)[C@H](OCc2ccccc2)[C@H]1OCc1ccccc1. The Morgan fingerprint density at radius 3 is 1.48 bits per heavy atom. The second kappa shape index (κ2) is 22.9. The van der Waals surface area contributed by atoms with Crippen molar-refractivity contribution in [3.8, 4) is 0 Å². The first-order valence-electron chi connectivity index (χ1n) is 18.6. The van der Waals surface area contributed by atoms with Crippen molar-refractivity contribution in [3.63, 3.8) is 0 Å². The van der Waals surface area contributed by atoms with Gasteiger partial charge in [-0.1, -0.05) is 147 Å². The lowest BCUT2D eigenvalue weighted by Crippen LogP contribution is -2.61. The van der Waals surface area contributed by atoms with Gasteiger partial charge in [0.05, 0.1) is 40.1 Å². The molecule has 0 bridgehead atoms. The molecule has 1 aliphatic heterocycles. The largest absolute Gasteiger partial charge is 0.469 e. The summed E-state index contributed by atoms with van der Waals surface area (Å²) in [6.45, 7) is 2.37. The first kappa shape index (κ1) is 39.3. The van der Waals surface area contributed by atoms with Crippen molar-refractivity contribution in [2.24, 2.45) is 0 Å². The topological polar surface area (TPSA) is 81.7 Å². The fraction of sp³-hybridized carbons (Fsp3) is 0.432. The van der Waals surface area contributed by atoms with E-state index in [1.165, 1.54) is 7.11 Å². The number of unbranched alkanes of at least 4 members (excludes halogenated alkanes) is 5. The molecule has 5 rings (SSSR count). The van der Waals surface area contributed by atoms with Crippen LogP contribution in [0.15, 0.2) is 121 Å². The van der Waals surface area contributed by atoms with Crippen molar-refractivity contribution in [2.45, 2.75) is 102 Å². The van der Waals surface area contributed by atoms with Gasteiger partial charge in [-0.3, -0.25) is 4.79 Å². The maximum Gasteiger partial charge on any atom is 0.305 e. The summed E-state index contributed by atoms with van der Waals surface area (Å²) in [5, 5.41) is 0. The summed E-state index contributed by atoms with van der Waals surface area (Å²) >= 11 is 0. The maximum absolute atomic E-state index is 11.4. The van der Waals surface area contributed by atoms with E-state index in [0.717, 1.165) is 60.8 Å². The molecule has 1 fully saturated rings. The summed E-state index contributed by atoms with van der Waals surface area (Å²) in [6, 6.07) is 40.5. The number of carbonyl (C=O) groups excluding carboxylic acids is 1. The number of methoxy groups -OCH3 is 1. The minimum Gasteiger partial charge on any atom is -0.469 e. The number of hydrogen-bond donors (Lipinski definition) is 0. The third-order valence-electron chi connectivity index (χ3n) is 9.13. The Bertz CT molecular complexity index is 1500. The maximum atomic E-state index is 11.4. The summed E-state index contributed by atoms with van der Waals surface area (Å²) < 4.78 is 44.6. The van der Waals surface area contributed by atoms with E-state index in [0.29, 0.717) is 39.5 Å². The second-order valence-corrected chi connectivity index (χ2v) is 13.1. The van der Waals surface area contributed by atoms with Crippen molar-refractivity contribution in [1.29, 1.82) is 0 Å². The van der Waals surface area contributed by atoms with Crippen molar-refractivity contribution < 1.29 is 38.0 Å². The molecule has 0 spiro atoms. The average Bonchev–Trinajstić information content (AvgIpc) is 3.20. The minimum atomic E-state index is -0.702. The molecular formula is C44H54O8. The van der Waals surface area contributed by atoms with Gasteiger partial charge in [0.15, 0.2) is 6.29 Å². The zero-order valence-corrected chi connectivity index (χ0v) is 30.4. The fourth-order valence-electron chi connectivity index (χ4n) is 6.26. The predicted octanol–water partition coefficient (Wildman–Crippen LogP) is 8.60. The monoisotopic (exact) mass is 710 g/mol. The number of hydrogen-bond acceptors (Lipinski definition) is 8. The van der Waals surface area contributed by atoms with Crippen LogP contribution in [0.5, 0.6) is 0 Å². The van der Waals surface area contributed by atoms with Crippen LogP contribution in [0.4, 0.5) is 0 Å². The highest BCUT2D eigenvalue weighted by Gasteiger charge is 2.49. The van der Waals surface area contributed by atoms with Crippen LogP contribution in [0.1, 0.15) is 67.2 Å². The molecule has 1 saturated heterocycles. The van der Waals surface area contributed by atoms with Gasteiger partial charge in [-0.2, -0.15) is 0 Å². The molecular weight excluding hydrogens is 656 g/mol. The van der Waals surface area contributed by atoms with Crippen molar-refractivity contribution >= 4 is 5.97 Å². The lowest BCUT2D eigenvalue weighted by Gasteiger charge is -2.46. The highest BCUT2D eigenvalue weighted by atomic mass is 16.7. The average molecular weight is 711 g/mol. The molecule has 0 N–H and O–H groups in total. The van der Waals surface area contributed by atoms with Gasteiger partial charge >= 0.3 is 5.97 Å². The van der Waals surface area contributed by atoms with E-state index in [-0.39, 0.29) is 12.6 Å². The zero-order valence-electron chi connectivity index (χ0n) is 30.4. The molecule has 1 heterocycles. The van der Waals surface area contributed by atoms with E-state index in [9.17, 15) is 4.79 Å². The Morgan fingerprint density at radius 1 is 0.519 bits per heavy atom. The summed E-state index contributed by atoms with van der Waals surface area (Å²) in [6.07, 6.45) is 3.57. The van der Waals surface area contributed by atoms with Crippen LogP contribution in [-0.2, 0) is 64.4 Å². The molecule has 278 valence electrons. The number of benzene rings is 4. The summed E-state index contributed by atoms with van der Waals surface area (Å²) in [5.41, 5.74) is 4.24. The third-order valence-corrected chi connectivity index (χ3v) is 9.13. The van der Waals surface area contributed by atoms with Gasteiger partial charge in [0.1, 0.15) is 24.4 Å². The molecule has 0 radical (unpaired) electrons. The summed E-state index contributed by atoms with van der Waals surface area (Å²) in [4.78, 5) is 11.4. The Balaban J connectivity index is 1.32. The van der Waals surface area contributed by atoms with E-state index in [2.05, 4.69) is 36.4 Å². The normalized spacial score (nSPS) is 20.1. The van der Waals surface area contributed by atoms with Crippen LogP contribution in [0.2, 0.25) is 0 Å². The highest BCUT2D eigenvalue weighted by Crippen LogP contribution is 2.32. The van der Waals surface area contributed by atoms with E-state index in [1.807, 2.05) is 84.9 Å². The Labute approximate surface area is 309 Å². The van der Waals surface area contributed by atoms with E-state index in [1.54, 1.807) is 0 Å². The van der Waals surface area contributed by atoms with Gasteiger partial charge < -0.3 is 33.2 Å². The van der Waals surface area contributed by atoms with Gasteiger partial charge in [-0.15, -0.1) is 0 Å². The number of ether oxygens (including phenoxy) is 7.